The lowest BCUT2D eigenvalue weighted by Gasteiger charge is -2.18. The van der Waals surface area contributed by atoms with Crippen LogP contribution in [0.3, 0.4) is 0 Å². The fraction of sp³-hybridized carbons (Fsp3) is 0.229. The number of carbonyl (C=O) groups excluding carboxylic acids is 1. The molecule has 0 saturated heterocycles. The highest BCUT2D eigenvalue weighted by Crippen LogP contribution is 2.44. The summed E-state index contributed by atoms with van der Waals surface area (Å²) >= 11 is 12.4. The Morgan fingerprint density at radius 2 is 1.48 bits per heavy atom. The lowest BCUT2D eigenvalue weighted by molar-refractivity contribution is -0.393. The summed E-state index contributed by atoms with van der Waals surface area (Å²) in [5.74, 6) is -2.04. The number of carbonyl (C=O) groups is 2. The maximum atomic E-state index is 13.1. The van der Waals surface area contributed by atoms with Crippen molar-refractivity contribution in [3.63, 3.8) is 0 Å². The molecular weight excluding hydrogens is 755 g/mol. The number of benzene rings is 4. The predicted octanol–water partition coefficient (Wildman–Crippen LogP) is 5.98. The number of hydrogen-bond donors (Lipinski definition) is 4. The number of aromatic hydroxyl groups is 1. The minimum absolute atomic E-state index is 0.0442. The normalized spacial score (nSPS) is 11.1. The SMILES string of the molecule is O=C(NCCOCCOCCOCCNc1ccc([N+](=O)[O-])cc1[N+](=O)[O-])c1ccc(C(=O)O)c(-c2c3cc(Cl)c(=O)cc-3oc3cc(O)c(Cl)cc23)c1. The first kappa shape index (κ1) is 39.4. The van der Waals surface area contributed by atoms with E-state index in [9.17, 15) is 44.8 Å². The topological polar surface area (TPSA) is 243 Å². The fourth-order valence-corrected chi connectivity index (χ4v) is 5.67. The van der Waals surface area contributed by atoms with E-state index in [1.807, 2.05) is 0 Å². The van der Waals surface area contributed by atoms with Crippen molar-refractivity contribution in [3.05, 3.63) is 112 Å². The number of phenolic OH excluding ortho intramolecular Hbond substituents is 1. The summed E-state index contributed by atoms with van der Waals surface area (Å²) in [5, 5.41) is 48.0. The number of nitro groups is 2. The molecule has 5 rings (SSSR count). The quantitative estimate of drug-likeness (QED) is 0.0346. The van der Waals surface area contributed by atoms with Crippen molar-refractivity contribution >= 4 is 63.1 Å². The summed E-state index contributed by atoms with van der Waals surface area (Å²) in [5.41, 5.74) is -0.490. The Hall–Kier alpha value is -5.85. The lowest BCUT2D eigenvalue weighted by Crippen LogP contribution is -2.27. The number of phenols is 1. The van der Waals surface area contributed by atoms with Gasteiger partial charge < -0.3 is 39.5 Å². The molecule has 1 aliphatic heterocycles. The third-order valence-corrected chi connectivity index (χ3v) is 8.45. The van der Waals surface area contributed by atoms with E-state index < -0.39 is 32.8 Å². The average Bonchev–Trinajstić information content (AvgIpc) is 3.13. The van der Waals surface area contributed by atoms with E-state index in [0.29, 0.717) is 5.39 Å². The number of carboxylic acid groups (broad SMARTS) is 1. The van der Waals surface area contributed by atoms with Crippen LogP contribution in [0.15, 0.2) is 69.9 Å². The third kappa shape index (κ3) is 9.38. The molecule has 0 spiro atoms. The average molecular weight is 786 g/mol. The Morgan fingerprint density at radius 3 is 2.15 bits per heavy atom. The largest absolute Gasteiger partial charge is 0.506 e. The van der Waals surface area contributed by atoms with E-state index in [4.69, 9.17) is 41.8 Å². The van der Waals surface area contributed by atoms with Gasteiger partial charge in [-0.05, 0) is 42.0 Å². The highest BCUT2D eigenvalue weighted by atomic mass is 35.5. The molecule has 0 aromatic heterocycles. The summed E-state index contributed by atoms with van der Waals surface area (Å²) < 4.78 is 22.2. The third-order valence-electron chi connectivity index (χ3n) is 7.85. The number of nitrogens with zero attached hydrogens (tertiary/aromatic N) is 2. The Morgan fingerprint density at radius 1 is 0.796 bits per heavy atom. The molecule has 0 unspecified atom stereocenters. The Bertz CT molecular complexity index is 2260. The molecule has 19 heteroatoms. The van der Waals surface area contributed by atoms with Crippen LogP contribution in [-0.4, -0.2) is 84.7 Å². The van der Waals surface area contributed by atoms with E-state index in [0.717, 1.165) is 12.1 Å². The van der Waals surface area contributed by atoms with Crippen LogP contribution in [-0.2, 0) is 14.2 Å². The zero-order valence-electron chi connectivity index (χ0n) is 28.0. The van der Waals surface area contributed by atoms with Gasteiger partial charge in [0.05, 0.1) is 71.2 Å². The molecule has 4 N–H and O–H groups in total. The van der Waals surface area contributed by atoms with Crippen molar-refractivity contribution in [2.45, 2.75) is 0 Å². The van der Waals surface area contributed by atoms with E-state index in [1.165, 1.54) is 48.5 Å². The number of non-ortho nitro benzene ring substituents is 1. The molecule has 0 atom stereocenters. The molecule has 1 aliphatic carbocycles. The van der Waals surface area contributed by atoms with Crippen molar-refractivity contribution < 1.29 is 48.3 Å². The summed E-state index contributed by atoms with van der Waals surface area (Å²) in [6, 6.07) is 12.4. The Labute approximate surface area is 314 Å². The van der Waals surface area contributed by atoms with Gasteiger partial charge in [-0.2, -0.15) is 0 Å². The Balaban J connectivity index is 1.10. The second-order valence-corrected chi connectivity index (χ2v) is 12.2. The van der Waals surface area contributed by atoms with Crippen LogP contribution in [0.4, 0.5) is 17.1 Å². The number of aromatic carboxylic acids is 1. The predicted molar refractivity (Wildman–Crippen MR) is 196 cm³/mol. The maximum absolute atomic E-state index is 13.1. The summed E-state index contributed by atoms with van der Waals surface area (Å²) in [4.78, 5) is 58.5. The second kappa shape index (κ2) is 17.8. The van der Waals surface area contributed by atoms with Crippen LogP contribution >= 0.6 is 23.2 Å². The fourth-order valence-electron chi connectivity index (χ4n) is 5.34. The van der Waals surface area contributed by atoms with E-state index in [1.54, 1.807) is 0 Å². The van der Waals surface area contributed by atoms with Gasteiger partial charge in [-0.3, -0.25) is 29.8 Å². The van der Waals surface area contributed by atoms with Crippen LogP contribution in [0.25, 0.3) is 33.4 Å². The summed E-state index contributed by atoms with van der Waals surface area (Å²) in [6.45, 7) is 1.58. The van der Waals surface area contributed by atoms with Crippen molar-refractivity contribution in [2.75, 3.05) is 58.0 Å². The van der Waals surface area contributed by atoms with E-state index >= 15 is 0 Å². The van der Waals surface area contributed by atoms with Gasteiger partial charge in [0.1, 0.15) is 22.8 Å². The van der Waals surface area contributed by atoms with E-state index in [-0.39, 0.29) is 119 Å². The zero-order chi connectivity index (χ0) is 38.9. The van der Waals surface area contributed by atoms with Crippen molar-refractivity contribution in [1.82, 2.24) is 5.32 Å². The minimum atomic E-state index is -1.29. The number of carboxylic acids is 1. The molecule has 0 saturated carbocycles. The molecule has 3 aromatic rings. The van der Waals surface area contributed by atoms with Crippen molar-refractivity contribution in [3.8, 4) is 28.2 Å². The summed E-state index contributed by atoms with van der Waals surface area (Å²) in [6.07, 6.45) is 0. The second-order valence-electron chi connectivity index (χ2n) is 11.4. The number of nitrogens with one attached hydrogen (secondary N) is 2. The van der Waals surface area contributed by atoms with Gasteiger partial charge in [-0.25, -0.2) is 4.79 Å². The molecule has 17 nitrogen and oxygen atoms in total. The number of halogens is 2. The highest BCUT2D eigenvalue weighted by molar-refractivity contribution is 6.33. The smallest absolute Gasteiger partial charge is 0.336 e. The molecule has 0 radical (unpaired) electrons. The molecule has 1 heterocycles. The maximum Gasteiger partial charge on any atom is 0.336 e. The molecule has 282 valence electrons. The van der Waals surface area contributed by atoms with Gasteiger partial charge in [0.15, 0.2) is 0 Å². The standard InChI is InChI=1S/C35H30Cl2N4O13/c36-25-15-23-31(17-29(25)42)54-32-18-30(43)26(37)16-24(32)33(23)22-13-19(1-3-21(22)35(45)46)34(44)39-6-8-52-10-12-53-11-9-51-7-5-38-27-4-2-20(40(47)48)14-28(27)41(49)50/h1-4,13-18,38,42H,5-12H2,(H,39,44)(H,45,46). The number of amides is 1. The van der Waals surface area contributed by atoms with Crippen LogP contribution in [0.2, 0.25) is 10.0 Å². The molecular formula is C35H30Cl2N4O13. The van der Waals surface area contributed by atoms with Gasteiger partial charge in [-0.15, -0.1) is 0 Å². The molecule has 3 aromatic carbocycles. The van der Waals surface area contributed by atoms with Gasteiger partial charge in [0.2, 0.25) is 5.43 Å². The van der Waals surface area contributed by atoms with Gasteiger partial charge in [0.25, 0.3) is 17.3 Å². The highest BCUT2D eigenvalue weighted by Gasteiger charge is 2.25. The van der Waals surface area contributed by atoms with Crippen molar-refractivity contribution in [1.29, 1.82) is 0 Å². The number of fused-ring (bicyclic) bond motifs is 2. The Kier molecular flexibility index (Phi) is 13.0. The lowest BCUT2D eigenvalue weighted by atomic mass is 9.89. The monoisotopic (exact) mass is 784 g/mol. The molecule has 54 heavy (non-hydrogen) atoms. The number of anilines is 1. The van der Waals surface area contributed by atoms with E-state index in [2.05, 4.69) is 10.6 Å². The zero-order valence-corrected chi connectivity index (χ0v) is 29.5. The number of nitro benzene ring substituents is 2. The first-order chi connectivity index (χ1) is 25.8. The molecule has 0 bridgehead atoms. The van der Waals surface area contributed by atoms with Crippen LogP contribution in [0.1, 0.15) is 20.7 Å². The number of hydrogen-bond acceptors (Lipinski definition) is 13. The van der Waals surface area contributed by atoms with Gasteiger partial charge in [0, 0.05) is 53.4 Å². The van der Waals surface area contributed by atoms with Gasteiger partial charge >= 0.3 is 5.97 Å². The van der Waals surface area contributed by atoms with Crippen LogP contribution in [0.5, 0.6) is 5.75 Å². The van der Waals surface area contributed by atoms with Crippen LogP contribution in [0, 0.1) is 20.2 Å². The molecule has 2 aliphatic rings. The molecule has 1 amide bonds. The molecule has 0 fully saturated rings. The summed E-state index contributed by atoms with van der Waals surface area (Å²) in [7, 11) is 0. The van der Waals surface area contributed by atoms with Crippen molar-refractivity contribution in [2.24, 2.45) is 0 Å². The van der Waals surface area contributed by atoms with Gasteiger partial charge in [-0.1, -0.05) is 23.2 Å². The first-order valence-electron chi connectivity index (χ1n) is 16.0. The number of ether oxygens (including phenoxy) is 3. The number of rotatable bonds is 18. The first-order valence-corrected chi connectivity index (χ1v) is 16.8. The van der Waals surface area contributed by atoms with Crippen LogP contribution < -0.4 is 16.1 Å². The minimum Gasteiger partial charge on any atom is -0.506 e.